The molecule has 0 aromatic heterocycles. The summed E-state index contributed by atoms with van der Waals surface area (Å²) in [5, 5.41) is 2.18. The van der Waals surface area contributed by atoms with E-state index in [0.717, 1.165) is 29.6 Å². The average Bonchev–Trinajstić information content (AvgIpc) is 2.79. The number of benzene rings is 1. The molecule has 1 aliphatic rings. The van der Waals surface area contributed by atoms with E-state index >= 15 is 0 Å². The molecule has 25 heavy (non-hydrogen) atoms. The SMILES string of the molecule is CN(C)CCCNC(=O)CN1C(=O)S/C(=C\c2cccc(F)c2)C1=O. The van der Waals surface area contributed by atoms with E-state index in [4.69, 9.17) is 0 Å². The maximum absolute atomic E-state index is 13.2. The van der Waals surface area contributed by atoms with Gasteiger partial charge in [0.2, 0.25) is 5.91 Å². The molecule has 1 N–H and O–H groups in total. The number of hydrogen-bond donors (Lipinski definition) is 1. The van der Waals surface area contributed by atoms with Crippen LogP contribution in [0.15, 0.2) is 29.2 Å². The lowest BCUT2D eigenvalue weighted by Gasteiger charge is -2.13. The van der Waals surface area contributed by atoms with Gasteiger partial charge in [0.05, 0.1) is 4.91 Å². The molecule has 0 saturated carbocycles. The van der Waals surface area contributed by atoms with Crippen molar-refractivity contribution in [2.75, 3.05) is 33.7 Å². The maximum atomic E-state index is 13.2. The van der Waals surface area contributed by atoms with Gasteiger partial charge in [-0.15, -0.1) is 0 Å². The van der Waals surface area contributed by atoms with Gasteiger partial charge in [-0.3, -0.25) is 19.3 Å². The topological polar surface area (TPSA) is 69.7 Å². The summed E-state index contributed by atoms with van der Waals surface area (Å²) >= 11 is 0.746. The molecule has 0 unspecified atom stereocenters. The highest BCUT2D eigenvalue weighted by Gasteiger charge is 2.36. The normalized spacial score (nSPS) is 16.2. The van der Waals surface area contributed by atoms with E-state index in [2.05, 4.69) is 5.32 Å². The van der Waals surface area contributed by atoms with Gasteiger partial charge in [-0.1, -0.05) is 12.1 Å². The number of nitrogens with one attached hydrogen (secondary N) is 1. The quantitative estimate of drug-likeness (QED) is 0.591. The van der Waals surface area contributed by atoms with Crippen LogP contribution in [-0.2, 0) is 9.59 Å². The zero-order valence-corrected chi connectivity index (χ0v) is 14.9. The Kier molecular flexibility index (Phi) is 6.72. The predicted molar refractivity (Wildman–Crippen MR) is 95.3 cm³/mol. The van der Waals surface area contributed by atoms with Crippen LogP contribution in [0.1, 0.15) is 12.0 Å². The molecule has 0 bridgehead atoms. The Morgan fingerprint density at radius 1 is 1.36 bits per heavy atom. The number of amides is 3. The highest BCUT2D eigenvalue weighted by Crippen LogP contribution is 2.31. The summed E-state index contributed by atoms with van der Waals surface area (Å²) < 4.78 is 13.2. The van der Waals surface area contributed by atoms with E-state index in [1.165, 1.54) is 24.3 Å². The van der Waals surface area contributed by atoms with Crippen molar-refractivity contribution in [2.24, 2.45) is 0 Å². The molecule has 1 aromatic rings. The second-order valence-electron chi connectivity index (χ2n) is 5.83. The summed E-state index contributed by atoms with van der Waals surface area (Å²) in [7, 11) is 3.88. The first-order valence-corrected chi connectivity index (χ1v) is 8.61. The van der Waals surface area contributed by atoms with Gasteiger partial charge in [-0.25, -0.2) is 4.39 Å². The third kappa shape index (κ3) is 5.68. The largest absolute Gasteiger partial charge is 0.354 e. The van der Waals surface area contributed by atoms with E-state index in [9.17, 15) is 18.8 Å². The predicted octanol–water partition coefficient (Wildman–Crippen LogP) is 1.93. The van der Waals surface area contributed by atoms with E-state index in [-0.39, 0.29) is 17.4 Å². The molecule has 0 atom stereocenters. The number of nitrogens with zero attached hydrogens (tertiary/aromatic N) is 2. The number of carbonyl (C=O) groups excluding carboxylic acids is 3. The monoisotopic (exact) mass is 365 g/mol. The van der Waals surface area contributed by atoms with Crippen LogP contribution >= 0.6 is 11.8 Å². The molecule has 8 heteroatoms. The van der Waals surface area contributed by atoms with Crippen molar-refractivity contribution in [3.05, 3.63) is 40.6 Å². The lowest BCUT2D eigenvalue weighted by atomic mass is 10.2. The lowest BCUT2D eigenvalue weighted by molar-refractivity contribution is -0.129. The minimum absolute atomic E-state index is 0.177. The fraction of sp³-hybridized carbons (Fsp3) is 0.353. The van der Waals surface area contributed by atoms with Gasteiger partial charge in [0, 0.05) is 6.54 Å². The van der Waals surface area contributed by atoms with Crippen LogP contribution in [0.2, 0.25) is 0 Å². The molecule has 3 amide bonds. The average molecular weight is 365 g/mol. The minimum Gasteiger partial charge on any atom is -0.354 e. The molecule has 0 radical (unpaired) electrons. The summed E-state index contributed by atoms with van der Waals surface area (Å²) in [5.74, 6) is -1.35. The highest BCUT2D eigenvalue weighted by atomic mass is 32.2. The number of thioether (sulfide) groups is 1. The van der Waals surface area contributed by atoms with Crippen LogP contribution < -0.4 is 5.32 Å². The molecule has 1 saturated heterocycles. The molecule has 1 fully saturated rings. The fourth-order valence-electron chi connectivity index (χ4n) is 2.21. The molecule has 0 spiro atoms. The van der Waals surface area contributed by atoms with E-state index in [1.54, 1.807) is 6.07 Å². The van der Waals surface area contributed by atoms with Crippen molar-refractivity contribution in [1.82, 2.24) is 15.1 Å². The van der Waals surface area contributed by atoms with E-state index < -0.39 is 17.0 Å². The van der Waals surface area contributed by atoms with Gasteiger partial charge in [-0.05, 0) is 62.6 Å². The van der Waals surface area contributed by atoms with Crippen molar-refractivity contribution in [1.29, 1.82) is 0 Å². The Hall–Kier alpha value is -2.19. The summed E-state index contributed by atoms with van der Waals surface area (Å²) in [6.07, 6.45) is 2.23. The summed E-state index contributed by atoms with van der Waals surface area (Å²) in [6.45, 7) is 0.998. The van der Waals surface area contributed by atoms with Crippen LogP contribution in [-0.4, -0.2) is 60.6 Å². The Morgan fingerprint density at radius 3 is 2.80 bits per heavy atom. The molecule has 1 aromatic carbocycles. The van der Waals surface area contributed by atoms with Crippen molar-refractivity contribution in [2.45, 2.75) is 6.42 Å². The van der Waals surface area contributed by atoms with Crippen LogP contribution in [0.5, 0.6) is 0 Å². The third-order valence-corrected chi connectivity index (χ3v) is 4.33. The number of carbonyl (C=O) groups is 3. The number of rotatable bonds is 7. The molecule has 6 nitrogen and oxygen atoms in total. The van der Waals surface area contributed by atoms with Crippen LogP contribution in [0.25, 0.3) is 6.08 Å². The van der Waals surface area contributed by atoms with Gasteiger partial charge in [-0.2, -0.15) is 0 Å². The van der Waals surface area contributed by atoms with Gasteiger partial charge < -0.3 is 10.2 Å². The molecule has 0 aliphatic carbocycles. The lowest BCUT2D eigenvalue weighted by Crippen LogP contribution is -2.40. The van der Waals surface area contributed by atoms with Crippen molar-refractivity contribution >= 4 is 34.9 Å². The highest BCUT2D eigenvalue weighted by molar-refractivity contribution is 8.18. The summed E-state index contributed by atoms with van der Waals surface area (Å²) in [6, 6.07) is 5.72. The summed E-state index contributed by atoms with van der Waals surface area (Å²) in [5.41, 5.74) is 0.485. The zero-order valence-electron chi connectivity index (χ0n) is 14.1. The molecular formula is C17H20FN3O3S. The fourth-order valence-corrected chi connectivity index (χ4v) is 3.04. The summed E-state index contributed by atoms with van der Waals surface area (Å²) in [4.78, 5) is 39.2. The molecule has 2 rings (SSSR count). The van der Waals surface area contributed by atoms with Gasteiger partial charge in [0.25, 0.3) is 11.1 Å². The Balaban J connectivity index is 1.93. The third-order valence-electron chi connectivity index (χ3n) is 3.43. The van der Waals surface area contributed by atoms with E-state index in [1.807, 2.05) is 19.0 Å². The van der Waals surface area contributed by atoms with Crippen molar-refractivity contribution in [3.8, 4) is 0 Å². The zero-order chi connectivity index (χ0) is 18.4. The Morgan fingerprint density at radius 2 is 2.12 bits per heavy atom. The smallest absolute Gasteiger partial charge is 0.294 e. The second kappa shape index (κ2) is 8.77. The van der Waals surface area contributed by atoms with Gasteiger partial charge in [0.1, 0.15) is 12.4 Å². The van der Waals surface area contributed by atoms with Gasteiger partial charge >= 0.3 is 0 Å². The Labute approximate surface area is 150 Å². The number of imide groups is 1. The van der Waals surface area contributed by atoms with Crippen molar-refractivity contribution in [3.63, 3.8) is 0 Å². The van der Waals surface area contributed by atoms with Gasteiger partial charge in [0.15, 0.2) is 0 Å². The first kappa shape index (κ1) is 19.1. The molecular weight excluding hydrogens is 345 g/mol. The number of hydrogen-bond acceptors (Lipinski definition) is 5. The second-order valence-corrected chi connectivity index (χ2v) is 6.82. The van der Waals surface area contributed by atoms with Crippen molar-refractivity contribution < 1.29 is 18.8 Å². The number of halogens is 1. The first-order chi connectivity index (χ1) is 11.9. The van der Waals surface area contributed by atoms with Crippen LogP contribution in [0, 0.1) is 5.82 Å². The first-order valence-electron chi connectivity index (χ1n) is 7.79. The maximum Gasteiger partial charge on any atom is 0.294 e. The standard InChI is InChI=1S/C17H20FN3O3S/c1-20(2)8-4-7-19-15(22)11-21-16(23)14(25-17(21)24)10-12-5-3-6-13(18)9-12/h3,5-6,9-10H,4,7-8,11H2,1-2H3,(H,19,22)/b14-10-. The molecule has 134 valence electrons. The van der Waals surface area contributed by atoms with Crippen LogP contribution in [0.3, 0.4) is 0 Å². The van der Waals surface area contributed by atoms with E-state index in [0.29, 0.717) is 12.1 Å². The molecule has 1 heterocycles. The minimum atomic E-state index is -0.539. The molecule has 1 aliphatic heterocycles. The van der Waals surface area contributed by atoms with Crippen LogP contribution in [0.4, 0.5) is 9.18 Å². The Bertz CT molecular complexity index is 706.